The highest BCUT2D eigenvalue weighted by Crippen LogP contribution is 2.47. The van der Waals surface area contributed by atoms with E-state index >= 15 is 0 Å². The SMILES string of the molecule is COc1cccc2c1NCC1(CCCC1)CS2. The molecule has 0 atom stereocenters. The molecule has 1 saturated carbocycles. The topological polar surface area (TPSA) is 21.3 Å². The first-order valence-electron chi connectivity index (χ1n) is 6.37. The Morgan fingerprint density at radius 3 is 2.88 bits per heavy atom. The number of anilines is 1. The van der Waals surface area contributed by atoms with Crippen LogP contribution in [0.4, 0.5) is 5.69 Å². The van der Waals surface area contributed by atoms with Gasteiger partial charge in [-0.1, -0.05) is 18.9 Å². The molecule has 1 heterocycles. The summed E-state index contributed by atoms with van der Waals surface area (Å²) in [6.45, 7) is 1.10. The number of fused-ring (bicyclic) bond motifs is 1. The van der Waals surface area contributed by atoms with E-state index in [1.165, 1.54) is 42.0 Å². The molecule has 2 nitrogen and oxygen atoms in total. The molecule has 0 bridgehead atoms. The van der Waals surface area contributed by atoms with E-state index in [0.717, 1.165) is 12.3 Å². The zero-order valence-electron chi connectivity index (χ0n) is 10.3. The maximum absolute atomic E-state index is 5.44. The van der Waals surface area contributed by atoms with Crippen molar-refractivity contribution in [2.45, 2.75) is 30.6 Å². The number of para-hydroxylation sites is 1. The number of ether oxygens (including phenoxy) is 1. The van der Waals surface area contributed by atoms with Crippen LogP contribution in [0.15, 0.2) is 23.1 Å². The number of nitrogens with one attached hydrogen (secondary N) is 1. The molecule has 2 aliphatic rings. The molecule has 1 spiro atoms. The Kier molecular flexibility index (Phi) is 2.95. The largest absolute Gasteiger partial charge is 0.495 e. The first-order chi connectivity index (χ1) is 8.33. The lowest BCUT2D eigenvalue weighted by molar-refractivity contribution is 0.371. The number of hydrogen-bond donors (Lipinski definition) is 1. The third-order valence-electron chi connectivity index (χ3n) is 4.05. The maximum Gasteiger partial charge on any atom is 0.143 e. The van der Waals surface area contributed by atoms with Gasteiger partial charge in [0.05, 0.1) is 12.8 Å². The summed E-state index contributed by atoms with van der Waals surface area (Å²) in [5, 5.41) is 3.63. The Morgan fingerprint density at radius 1 is 1.29 bits per heavy atom. The maximum atomic E-state index is 5.44. The van der Waals surface area contributed by atoms with Crippen molar-refractivity contribution in [2.24, 2.45) is 5.41 Å². The second-order valence-electron chi connectivity index (χ2n) is 5.18. The van der Waals surface area contributed by atoms with Gasteiger partial charge in [0.25, 0.3) is 0 Å². The molecule has 0 aromatic heterocycles. The Labute approximate surface area is 107 Å². The van der Waals surface area contributed by atoms with E-state index in [2.05, 4.69) is 17.4 Å². The highest BCUT2D eigenvalue weighted by molar-refractivity contribution is 7.99. The number of methoxy groups -OCH3 is 1. The zero-order chi connectivity index (χ0) is 11.7. The normalized spacial score (nSPS) is 21.7. The van der Waals surface area contributed by atoms with E-state index in [0.29, 0.717) is 5.41 Å². The lowest BCUT2D eigenvalue weighted by Crippen LogP contribution is -2.27. The fourth-order valence-corrected chi connectivity index (χ4v) is 4.32. The van der Waals surface area contributed by atoms with Crippen molar-refractivity contribution in [2.75, 3.05) is 24.7 Å². The van der Waals surface area contributed by atoms with Gasteiger partial charge in [0.2, 0.25) is 0 Å². The molecular formula is C14H19NOS. The fraction of sp³-hybridized carbons (Fsp3) is 0.571. The molecule has 1 aromatic rings. The standard InChI is InChI=1S/C14H19NOS/c1-16-11-5-4-6-12-13(11)15-9-14(10-17-12)7-2-3-8-14/h4-6,15H,2-3,7-10H2,1H3. The Morgan fingerprint density at radius 2 is 2.12 bits per heavy atom. The van der Waals surface area contributed by atoms with Crippen LogP contribution < -0.4 is 10.1 Å². The lowest BCUT2D eigenvalue weighted by Gasteiger charge is -2.26. The van der Waals surface area contributed by atoms with Gasteiger partial charge in [0.1, 0.15) is 5.75 Å². The van der Waals surface area contributed by atoms with Crippen molar-refractivity contribution in [1.82, 2.24) is 0 Å². The van der Waals surface area contributed by atoms with Gasteiger partial charge in [-0.25, -0.2) is 0 Å². The van der Waals surface area contributed by atoms with Gasteiger partial charge in [-0.3, -0.25) is 0 Å². The highest BCUT2D eigenvalue weighted by Gasteiger charge is 2.36. The van der Waals surface area contributed by atoms with Crippen LogP contribution in [0, 0.1) is 5.41 Å². The van der Waals surface area contributed by atoms with Gasteiger partial charge in [-0.2, -0.15) is 0 Å². The summed E-state index contributed by atoms with van der Waals surface area (Å²) in [6.07, 6.45) is 5.55. The monoisotopic (exact) mass is 249 g/mol. The molecular weight excluding hydrogens is 230 g/mol. The highest BCUT2D eigenvalue weighted by atomic mass is 32.2. The molecule has 1 aliphatic heterocycles. The smallest absolute Gasteiger partial charge is 0.143 e. The fourth-order valence-electron chi connectivity index (χ4n) is 2.98. The summed E-state index contributed by atoms with van der Waals surface area (Å²) in [5.41, 5.74) is 1.72. The number of hydrogen-bond acceptors (Lipinski definition) is 3. The van der Waals surface area contributed by atoms with Gasteiger partial charge < -0.3 is 10.1 Å². The summed E-state index contributed by atoms with van der Waals surface area (Å²) >= 11 is 1.99. The quantitative estimate of drug-likeness (QED) is 0.818. The predicted molar refractivity (Wildman–Crippen MR) is 73.1 cm³/mol. The molecule has 1 aliphatic carbocycles. The van der Waals surface area contributed by atoms with Crippen LogP contribution in [0.5, 0.6) is 5.75 Å². The molecule has 1 fully saturated rings. The van der Waals surface area contributed by atoms with Crippen LogP contribution in [-0.2, 0) is 0 Å². The van der Waals surface area contributed by atoms with Crippen LogP contribution >= 0.6 is 11.8 Å². The van der Waals surface area contributed by atoms with Crippen molar-refractivity contribution in [3.8, 4) is 5.75 Å². The summed E-state index contributed by atoms with van der Waals surface area (Å²) < 4.78 is 5.44. The minimum Gasteiger partial charge on any atom is -0.495 e. The third-order valence-corrected chi connectivity index (χ3v) is 5.45. The van der Waals surface area contributed by atoms with Gasteiger partial charge >= 0.3 is 0 Å². The Balaban J connectivity index is 1.89. The van der Waals surface area contributed by atoms with Gasteiger partial charge in [-0.15, -0.1) is 11.8 Å². The number of benzene rings is 1. The summed E-state index contributed by atoms with van der Waals surface area (Å²) in [5.74, 6) is 2.23. The lowest BCUT2D eigenvalue weighted by atomic mass is 9.88. The Bertz CT molecular complexity index is 413. The first-order valence-corrected chi connectivity index (χ1v) is 7.35. The second-order valence-corrected chi connectivity index (χ2v) is 6.20. The second kappa shape index (κ2) is 4.45. The molecule has 3 heteroatoms. The molecule has 0 radical (unpaired) electrons. The molecule has 3 rings (SSSR count). The van der Waals surface area contributed by atoms with E-state index in [1.807, 2.05) is 17.8 Å². The summed E-state index contributed by atoms with van der Waals surface area (Å²) in [4.78, 5) is 1.34. The number of rotatable bonds is 1. The molecule has 0 saturated heterocycles. The minimum atomic E-state index is 0.523. The predicted octanol–water partition coefficient (Wildman–Crippen LogP) is 3.77. The molecule has 1 aromatic carbocycles. The number of thioether (sulfide) groups is 1. The molecule has 0 amide bonds. The van der Waals surface area contributed by atoms with Gasteiger partial charge in [0.15, 0.2) is 0 Å². The molecule has 1 N–H and O–H groups in total. The molecule has 17 heavy (non-hydrogen) atoms. The van der Waals surface area contributed by atoms with Crippen molar-refractivity contribution in [3.63, 3.8) is 0 Å². The zero-order valence-corrected chi connectivity index (χ0v) is 11.1. The van der Waals surface area contributed by atoms with Crippen LogP contribution in [0.25, 0.3) is 0 Å². The van der Waals surface area contributed by atoms with E-state index in [1.54, 1.807) is 7.11 Å². The first kappa shape index (κ1) is 11.3. The van der Waals surface area contributed by atoms with Crippen LogP contribution in [-0.4, -0.2) is 19.4 Å². The van der Waals surface area contributed by atoms with E-state index < -0.39 is 0 Å². The minimum absolute atomic E-state index is 0.523. The van der Waals surface area contributed by atoms with E-state index in [4.69, 9.17) is 4.74 Å². The summed E-state index contributed by atoms with van der Waals surface area (Å²) in [7, 11) is 1.75. The average molecular weight is 249 g/mol. The van der Waals surface area contributed by atoms with Crippen molar-refractivity contribution in [3.05, 3.63) is 18.2 Å². The van der Waals surface area contributed by atoms with Crippen molar-refractivity contribution in [1.29, 1.82) is 0 Å². The van der Waals surface area contributed by atoms with Gasteiger partial charge in [-0.05, 0) is 30.4 Å². The summed E-state index contributed by atoms with van der Waals surface area (Å²) in [6, 6.07) is 6.32. The Hall–Kier alpha value is -0.830. The molecule has 92 valence electrons. The molecule has 0 unspecified atom stereocenters. The van der Waals surface area contributed by atoms with Crippen LogP contribution in [0.3, 0.4) is 0 Å². The van der Waals surface area contributed by atoms with E-state index in [9.17, 15) is 0 Å². The van der Waals surface area contributed by atoms with Crippen molar-refractivity contribution < 1.29 is 4.74 Å². The van der Waals surface area contributed by atoms with Gasteiger partial charge in [0, 0.05) is 17.2 Å². The third kappa shape index (κ3) is 2.01. The average Bonchev–Trinajstić information content (AvgIpc) is 2.74. The van der Waals surface area contributed by atoms with Crippen molar-refractivity contribution >= 4 is 17.4 Å². The van der Waals surface area contributed by atoms with E-state index in [-0.39, 0.29) is 0 Å². The van der Waals surface area contributed by atoms with Crippen LogP contribution in [0.2, 0.25) is 0 Å². The van der Waals surface area contributed by atoms with Crippen LogP contribution in [0.1, 0.15) is 25.7 Å².